The largest absolute Gasteiger partial charge is 0.205 e. The Labute approximate surface area is 185 Å². The molecule has 0 amide bonds. The summed E-state index contributed by atoms with van der Waals surface area (Å²) in [5, 5.41) is 2.12. The van der Waals surface area contributed by atoms with Crippen LogP contribution in [0.15, 0.2) is 28.3 Å². The van der Waals surface area contributed by atoms with Crippen LogP contribution in [0, 0.1) is 41.2 Å². The lowest BCUT2D eigenvalue weighted by atomic mass is 9.69. The Morgan fingerprint density at radius 2 is 1.73 bits per heavy atom. The van der Waals surface area contributed by atoms with Crippen molar-refractivity contribution in [1.29, 1.82) is 0 Å². The Morgan fingerprint density at radius 3 is 2.33 bits per heavy atom. The zero-order chi connectivity index (χ0) is 21.5. The predicted octanol–water partition coefficient (Wildman–Crippen LogP) is 8.16. The van der Waals surface area contributed by atoms with E-state index in [1.54, 1.807) is 0 Å². The van der Waals surface area contributed by atoms with Crippen molar-refractivity contribution in [1.82, 2.24) is 0 Å². The zero-order valence-electron chi connectivity index (χ0n) is 18.1. The second-order valence-electron chi connectivity index (χ2n) is 8.92. The fourth-order valence-corrected chi connectivity index (χ4v) is 5.21. The molecule has 1 aromatic rings. The number of hydrogen-bond acceptors (Lipinski definition) is 2. The van der Waals surface area contributed by atoms with E-state index in [0.717, 1.165) is 54.7 Å². The van der Waals surface area contributed by atoms with Crippen molar-refractivity contribution in [2.45, 2.75) is 78.1 Å². The number of allylic oxidation sites excluding steroid dienone is 2. The van der Waals surface area contributed by atoms with Crippen LogP contribution >= 0.6 is 12.2 Å². The van der Waals surface area contributed by atoms with Crippen LogP contribution < -0.4 is 0 Å². The minimum atomic E-state index is -0.710. The molecule has 2 aliphatic rings. The lowest BCUT2D eigenvalue weighted by Gasteiger charge is -2.36. The van der Waals surface area contributed by atoms with Gasteiger partial charge in [0.05, 0.1) is 16.4 Å². The molecule has 1 saturated carbocycles. The average Bonchev–Trinajstić information content (AvgIpc) is 2.73. The fraction of sp³-hybridized carbons (Fsp3) is 0.577. The van der Waals surface area contributed by atoms with Gasteiger partial charge in [-0.2, -0.15) is 4.99 Å². The summed E-state index contributed by atoms with van der Waals surface area (Å²) in [5.41, 5.74) is 2.24. The second kappa shape index (κ2) is 11.0. The lowest BCUT2D eigenvalue weighted by molar-refractivity contribution is 0.183. The number of benzene rings is 1. The maximum Gasteiger partial charge on any atom is 0.143 e. The van der Waals surface area contributed by atoms with Crippen molar-refractivity contribution in [2.24, 2.45) is 22.7 Å². The Hall–Kier alpha value is -1.82. The monoisotopic (exact) mass is 427 g/mol. The number of hydrogen-bond donors (Lipinski definition) is 0. The molecule has 0 heterocycles. The third-order valence-electron chi connectivity index (χ3n) is 6.91. The minimum absolute atomic E-state index is 0.117. The summed E-state index contributed by atoms with van der Waals surface area (Å²) in [6, 6.07) is 2.28. The van der Waals surface area contributed by atoms with Gasteiger partial charge in [-0.05, 0) is 69.0 Å². The van der Waals surface area contributed by atoms with Crippen LogP contribution in [-0.2, 0) is 0 Å². The molecule has 1 atom stereocenters. The smallest absolute Gasteiger partial charge is 0.143 e. The van der Waals surface area contributed by atoms with Gasteiger partial charge in [0, 0.05) is 17.7 Å². The molecule has 0 N–H and O–H groups in total. The topological polar surface area (TPSA) is 12.4 Å². The summed E-state index contributed by atoms with van der Waals surface area (Å²) >= 11 is 4.49. The van der Waals surface area contributed by atoms with Gasteiger partial charge in [-0.25, -0.2) is 8.78 Å². The molecule has 1 unspecified atom stereocenters. The summed E-state index contributed by atoms with van der Waals surface area (Å²) in [7, 11) is 0. The van der Waals surface area contributed by atoms with Gasteiger partial charge >= 0.3 is 0 Å². The number of nitrogens with zero attached hydrogens (tertiary/aromatic N) is 1. The van der Waals surface area contributed by atoms with Crippen molar-refractivity contribution < 1.29 is 8.78 Å². The van der Waals surface area contributed by atoms with E-state index in [0.29, 0.717) is 0 Å². The Kier molecular flexibility index (Phi) is 8.37. The van der Waals surface area contributed by atoms with Crippen molar-refractivity contribution in [3.8, 4) is 11.8 Å². The molecule has 1 aromatic carbocycles. The average molecular weight is 428 g/mol. The van der Waals surface area contributed by atoms with E-state index in [1.807, 2.05) is 0 Å². The summed E-state index contributed by atoms with van der Waals surface area (Å²) in [6.45, 7) is 4.41. The quantitative estimate of drug-likeness (QED) is 0.262. The molecule has 0 bridgehead atoms. The Balaban J connectivity index is 1.64. The minimum Gasteiger partial charge on any atom is -0.205 e. The highest BCUT2D eigenvalue weighted by atomic mass is 32.1. The SMILES string of the molecule is CCCCC1CCC(C2CCC(C#Cc3c(F)cc(N=C=S)cc3F)=C(C)C2)CC1. The number of halogens is 2. The van der Waals surface area contributed by atoms with Gasteiger partial charge in [0.2, 0.25) is 0 Å². The molecule has 1 fully saturated rings. The third kappa shape index (κ3) is 5.87. The second-order valence-corrected chi connectivity index (χ2v) is 9.10. The van der Waals surface area contributed by atoms with Crippen molar-refractivity contribution in [3.05, 3.63) is 40.5 Å². The highest BCUT2D eigenvalue weighted by Gasteiger charge is 2.29. The predicted molar refractivity (Wildman–Crippen MR) is 123 cm³/mol. The summed E-state index contributed by atoms with van der Waals surface area (Å²) in [4.78, 5) is 3.63. The molecular formula is C26H31F2NS. The first kappa shape index (κ1) is 22.9. The molecule has 3 rings (SSSR count). The molecule has 160 valence electrons. The van der Waals surface area contributed by atoms with Crippen LogP contribution in [0.25, 0.3) is 0 Å². The van der Waals surface area contributed by atoms with Gasteiger partial charge in [-0.3, -0.25) is 0 Å². The number of thiocarbonyl (C=S) groups is 1. The van der Waals surface area contributed by atoms with Gasteiger partial charge in [-0.15, -0.1) is 0 Å². The lowest BCUT2D eigenvalue weighted by Crippen LogP contribution is -2.24. The molecule has 0 aliphatic heterocycles. The summed E-state index contributed by atoms with van der Waals surface area (Å²) in [6.07, 6.45) is 12.7. The Bertz CT molecular complexity index is 870. The maximum atomic E-state index is 14.2. The first-order valence-corrected chi connectivity index (χ1v) is 11.7. The molecule has 0 aromatic heterocycles. The van der Waals surface area contributed by atoms with Crippen LogP contribution in [0.3, 0.4) is 0 Å². The number of isothiocyanates is 1. The van der Waals surface area contributed by atoms with Crippen LogP contribution in [0.1, 0.15) is 83.6 Å². The first-order valence-electron chi connectivity index (χ1n) is 11.3. The van der Waals surface area contributed by atoms with Crippen LogP contribution in [0.2, 0.25) is 0 Å². The third-order valence-corrected chi connectivity index (χ3v) is 7.00. The summed E-state index contributed by atoms with van der Waals surface area (Å²) in [5.74, 6) is 6.87. The van der Waals surface area contributed by atoms with E-state index in [-0.39, 0.29) is 11.3 Å². The maximum absolute atomic E-state index is 14.2. The van der Waals surface area contributed by atoms with Gasteiger partial charge < -0.3 is 0 Å². The molecule has 0 radical (unpaired) electrons. The van der Waals surface area contributed by atoms with Gasteiger partial charge in [0.1, 0.15) is 11.6 Å². The van der Waals surface area contributed by atoms with Crippen molar-refractivity contribution in [3.63, 3.8) is 0 Å². The highest BCUT2D eigenvalue weighted by molar-refractivity contribution is 7.78. The molecule has 1 nitrogen and oxygen atoms in total. The standard InChI is InChI=1S/C26H31F2NS/c1-3-4-5-19-6-8-21(9-7-19)22-11-10-20(18(2)14-22)12-13-24-25(27)15-23(29-17-30)16-26(24)28/h15-16,19,21-22H,3-11,14H2,1-2H3. The van der Waals surface area contributed by atoms with E-state index in [2.05, 4.69) is 48.1 Å². The molecule has 0 spiro atoms. The normalized spacial score (nSPS) is 24.1. The van der Waals surface area contributed by atoms with Crippen LogP contribution in [0.5, 0.6) is 0 Å². The molecule has 2 aliphatic carbocycles. The first-order chi connectivity index (χ1) is 14.5. The van der Waals surface area contributed by atoms with Gasteiger partial charge in [-0.1, -0.05) is 56.4 Å². The van der Waals surface area contributed by atoms with Gasteiger partial charge in [0.25, 0.3) is 0 Å². The van der Waals surface area contributed by atoms with Gasteiger partial charge in [0.15, 0.2) is 0 Å². The van der Waals surface area contributed by atoms with Crippen molar-refractivity contribution in [2.75, 3.05) is 0 Å². The molecule has 4 heteroatoms. The number of aliphatic imine (C=N–C) groups is 1. The van der Waals surface area contributed by atoms with E-state index in [4.69, 9.17) is 0 Å². The van der Waals surface area contributed by atoms with Crippen molar-refractivity contribution >= 4 is 23.1 Å². The molecular weight excluding hydrogens is 396 g/mol. The molecule has 30 heavy (non-hydrogen) atoms. The fourth-order valence-electron chi connectivity index (χ4n) is 5.11. The van der Waals surface area contributed by atoms with E-state index >= 15 is 0 Å². The number of rotatable bonds is 5. The van der Waals surface area contributed by atoms with E-state index < -0.39 is 11.6 Å². The number of unbranched alkanes of at least 4 members (excludes halogenated alkanes) is 1. The van der Waals surface area contributed by atoms with Crippen LogP contribution in [-0.4, -0.2) is 5.16 Å². The Morgan fingerprint density at radius 1 is 1.03 bits per heavy atom. The zero-order valence-corrected chi connectivity index (χ0v) is 18.9. The highest BCUT2D eigenvalue weighted by Crippen LogP contribution is 2.42. The van der Waals surface area contributed by atoms with Crippen LogP contribution in [0.4, 0.5) is 14.5 Å². The summed E-state index contributed by atoms with van der Waals surface area (Å²) < 4.78 is 28.4. The van der Waals surface area contributed by atoms with E-state index in [1.165, 1.54) is 50.5 Å². The van der Waals surface area contributed by atoms with E-state index in [9.17, 15) is 8.78 Å². The molecule has 0 saturated heterocycles.